The maximum absolute atomic E-state index is 12.9. The van der Waals surface area contributed by atoms with Crippen molar-refractivity contribution in [2.75, 3.05) is 27.4 Å². The number of benzene rings is 2. The molecule has 0 aliphatic carbocycles. The second-order valence-electron chi connectivity index (χ2n) is 6.77. The van der Waals surface area contributed by atoms with Crippen LogP contribution in [0.4, 0.5) is 0 Å². The molecule has 1 heterocycles. The predicted octanol–water partition coefficient (Wildman–Crippen LogP) is 2.07. The first-order valence-corrected chi connectivity index (χ1v) is 9.66. The lowest BCUT2D eigenvalue weighted by Gasteiger charge is -2.12. The summed E-state index contributed by atoms with van der Waals surface area (Å²) in [5.41, 5.74) is 2.14. The van der Waals surface area contributed by atoms with E-state index in [9.17, 15) is 9.59 Å². The van der Waals surface area contributed by atoms with E-state index in [1.165, 1.54) is 20.3 Å². The van der Waals surface area contributed by atoms with Crippen LogP contribution in [-0.4, -0.2) is 48.9 Å². The number of para-hydroxylation sites is 1. The highest BCUT2D eigenvalue weighted by atomic mass is 16.5. The Kier molecular flexibility index (Phi) is 6.94. The number of aliphatic hydroxyl groups excluding tert-OH is 1. The molecule has 31 heavy (non-hydrogen) atoms. The van der Waals surface area contributed by atoms with Crippen molar-refractivity contribution in [1.29, 1.82) is 0 Å². The Bertz CT molecular complexity index is 1130. The van der Waals surface area contributed by atoms with E-state index >= 15 is 0 Å². The van der Waals surface area contributed by atoms with Gasteiger partial charge in [0.05, 0.1) is 20.8 Å². The fourth-order valence-corrected chi connectivity index (χ4v) is 3.24. The molecular formula is C23H25N3O5. The summed E-state index contributed by atoms with van der Waals surface area (Å²) < 4.78 is 12.4. The van der Waals surface area contributed by atoms with Crippen LogP contribution in [0.3, 0.4) is 0 Å². The van der Waals surface area contributed by atoms with E-state index in [0.29, 0.717) is 17.1 Å². The number of ether oxygens (including phenoxy) is 2. The molecule has 0 saturated carbocycles. The van der Waals surface area contributed by atoms with Gasteiger partial charge in [-0.25, -0.2) is 0 Å². The highest BCUT2D eigenvalue weighted by Gasteiger charge is 2.17. The third kappa shape index (κ3) is 4.87. The van der Waals surface area contributed by atoms with Crippen molar-refractivity contribution in [3.8, 4) is 11.5 Å². The topological polar surface area (TPSA) is 102 Å². The molecule has 3 rings (SSSR count). The minimum absolute atomic E-state index is 0.0598. The number of nitrogens with zero attached hydrogens (tertiary/aromatic N) is 1. The summed E-state index contributed by atoms with van der Waals surface area (Å²) in [4.78, 5) is 25.6. The van der Waals surface area contributed by atoms with Crippen LogP contribution in [0, 0.1) is 0 Å². The van der Waals surface area contributed by atoms with Crippen LogP contribution >= 0.6 is 0 Å². The molecule has 0 aliphatic rings. The first-order valence-electron chi connectivity index (χ1n) is 9.66. The summed E-state index contributed by atoms with van der Waals surface area (Å²) in [6.07, 6.45) is 3.50. The molecule has 0 spiro atoms. The Morgan fingerprint density at radius 3 is 2.55 bits per heavy atom. The number of nitrogens with one attached hydrogen (secondary N) is 2. The van der Waals surface area contributed by atoms with Gasteiger partial charge >= 0.3 is 0 Å². The average Bonchev–Trinajstić information content (AvgIpc) is 3.11. The van der Waals surface area contributed by atoms with E-state index in [2.05, 4.69) is 10.6 Å². The van der Waals surface area contributed by atoms with E-state index in [4.69, 9.17) is 14.6 Å². The third-order valence-electron chi connectivity index (χ3n) is 4.76. The van der Waals surface area contributed by atoms with Crippen LogP contribution in [0.5, 0.6) is 11.5 Å². The number of rotatable bonds is 8. The summed E-state index contributed by atoms with van der Waals surface area (Å²) in [5, 5.41) is 15.2. The van der Waals surface area contributed by atoms with Gasteiger partial charge in [0.2, 0.25) is 0 Å². The monoisotopic (exact) mass is 423 g/mol. The van der Waals surface area contributed by atoms with Gasteiger partial charge < -0.3 is 29.8 Å². The van der Waals surface area contributed by atoms with E-state index < -0.39 is 11.8 Å². The molecule has 3 aromatic rings. The molecular weight excluding hydrogens is 398 g/mol. The van der Waals surface area contributed by atoms with Gasteiger partial charge in [0.1, 0.15) is 5.70 Å². The molecule has 0 radical (unpaired) electrons. The lowest BCUT2D eigenvalue weighted by atomic mass is 10.1. The van der Waals surface area contributed by atoms with Crippen LogP contribution in [0.2, 0.25) is 0 Å². The molecule has 2 aromatic carbocycles. The molecule has 162 valence electrons. The van der Waals surface area contributed by atoms with Crippen LogP contribution in [0.15, 0.2) is 54.4 Å². The van der Waals surface area contributed by atoms with E-state index in [0.717, 1.165) is 16.5 Å². The third-order valence-corrected chi connectivity index (χ3v) is 4.76. The zero-order chi connectivity index (χ0) is 22.4. The van der Waals surface area contributed by atoms with Crippen LogP contribution in [-0.2, 0) is 11.8 Å². The maximum atomic E-state index is 12.9. The maximum Gasteiger partial charge on any atom is 0.267 e. The van der Waals surface area contributed by atoms with Crippen LogP contribution in [0.1, 0.15) is 15.9 Å². The fraction of sp³-hybridized carbons (Fsp3) is 0.217. The number of hydrogen-bond acceptors (Lipinski definition) is 5. The van der Waals surface area contributed by atoms with Crippen molar-refractivity contribution in [2.45, 2.75) is 0 Å². The lowest BCUT2D eigenvalue weighted by molar-refractivity contribution is -0.117. The average molecular weight is 423 g/mol. The fourth-order valence-electron chi connectivity index (χ4n) is 3.24. The number of fused-ring (bicyclic) bond motifs is 1. The molecule has 2 amide bonds. The first kappa shape index (κ1) is 21.9. The Hall–Kier alpha value is -3.78. The molecule has 8 nitrogen and oxygen atoms in total. The minimum Gasteiger partial charge on any atom is -0.493 e. The van der Waals surface area contributed by atoms with Crippen molar-refractivity contribution < 1.29 is 24.2 Å². The number of amides is 2. The van der Waals surface area contributed by atoms with Crippen molar-refractivity contribution >= 4 is 28.8 Å². The zero-order valence-electron chi connectivity index (χ0n) is 17.6. The second-order valence-corrected chi connectivity index (χ2v) is 6.77. The Balaban J connectivity index is 1.97. The van der Waals surface area contributed by atoms with Gasteiger partial charge in [0, 0.05) is 41.8 Å². The summed E-state index contributed by atoms with van der Waals surface area (Å²) in [6, 6.07) is 12.5. The second kappa shape index (κ2) is 9.82. The summed E-state index contributed by atoms with van der Waals surface area (Å²) in [5.74, 6) is -0.0897. The predicted molar refractivity (Wildman–Crippen MR) is 118 cm³/mol. The molecule has 0 aliphatic heterocycles. The summed E-state index contributed by atoms with van der Waals surface area (Å²) in [7, 11) is 4.90. The largest absolute Gasteiger partial charge is 0.493 e. The van der Waals surface area contributed by atoms with Crippen molar-refractivity contribution in [2.24, 2.45) is 7.05 Å². The van der Waals surface area contributed by atoms with Gasteiger partial charge in [0.25, 0.3) is 11.8 Å². The molecule has 0 atom stereocenters. The number of aryl methyl sites for hydroxylation is 1. The normalized spacial score (nSPS) is 11.3. The number of carbonyl (C=O) groups is 2. The lowest BCUT2D eigenvalue weighted by Crippen LogP contribution is -2.36. The van der Waals surface area contributed by atoms with Crippen molar-refractivity contribution in [3.63, 3.8) is 0 Å². The van der Waals surface area contributed by atoms with E-state index in [1.54, 1.807) is 18.2 Å². The Morgan fingerprint density at radius 1 is 1.10 bits per heavy atom. The highest BCUT2D eigenvalue weighted by Crippen LogP contribution is 2.28. The quantitative estimate of drug-likeness (QED) is 0.482. The van der Waals surface area contributed by atoms with Gasteiger partial charge in [-0.2, -0.15) is 0 Å². The Labute approximate surface area is 180 Å². The number of aromatic nitrogens is 1. The molecule has 1 aromatic heterocycles. The molecule has 0 bridgehead atoms. The molecule has 0 unspecified atom stereocenters. The van der Waals surface area contributed by atoms with E-state index in [1.807, 2.05) is 42.1 Å². The van der Waals surface area contributed by atoms with Crippen LogP contribution in [0.25, 0.3) is 17.0 Å². The Morgan fingerprint density at radius 2 is 1.84 bits per heavy atom. The van der Waals surface area contributed by atoms with Crippen molar-refractivity contribution in [3.05, 3.63) is 65.5 Å². The standard InChI is InChI=1S/C23H25N3O5/c1-26-14-16(17-6-4-5-7-19(17)26)12-18(23(29)24-10-11-27)25-22(28)15-8-9-20(30-2)21(13-15)31-3/h4-9,12-14,27H,10-11H2,1-3H3,(H,24,29)(H,25,28). The summed E-state index contributed by atoms with van der Waals surface area (Å²) >= 11 is 0. The smallest absolute Gasteiger partial charge is 0.267 e. The van der Waals surface area contributed by atoms with E-state index in [-0.39, 0.29) is 18.8 Å². The number of methoxy groups -OCH3 is 2. The van der Waals surface area contributed by atoms with Crippen molar-refractivity contribution in [1.82, 2.24) is 15.2 Å². The summed E-state index contributed by atoms with van der Waals surface area (Å²) in [6.45, 7) is -0.144. The van der Waals surface area contributed by atoms with Gasteiger partial charge in [-0.1, -0.05) is 18.2 Å². The van der Waals surface area contributed by atoms with Gasteiger partial charge in [-0.05, 0) is 30.3 Å². The van der Waals surface area contributed by atoms with Gasteiger partial charge in [0.15, 0.2) is 11.5 Å². The van der Waals surface area contributed by atoms with Gasteiger partial charge in [-0.15, -0.1) is 0 Å². The first-order chi connectivity index (χ1) is 15.0. The molecule has 3 N–H and O–H groups in total. The SMILES string of the molecule is COc1ccc(C(=O)NC(=Cc2cn(C)c3ccccc23)C(=O)NCCO)cc1OC. The number of carbonyl (C=O) groups excluding carboxylic acids is 2. The molecule has 8 heteroatoms. The molecule has 0 fully saturated rings. The van der Waals surface area contributed by atoms with Crippen LogP contribution < -0.4 is 20.1 Å². The van der Waals surface area contributed by atoms with Gasteiger partial charge in [-0.3, -0.25) is 9.59 Å². The number of aliphatic hydroxyl groups is 1. The zero-order valence-corrected chi connectivity index (χ0v) is 17.6. The molecule has 0 saturated heterocycles. The number of hydrogen-bond donors (Lipinski definition) is 3. The minimum atomic E-state index is -0.504. The highest BCUT2D eigenvalue weighted by molar-refractivity contribution is 6.06.